The molecular weight excluding hydrogens is 396 g/mol. The van der Waals surface area contributed by atoms with E-state index in [9.17, 15) is 4.79 Å². The van der Waals surface area contributed by atoms with Gasteiger partial charge in [0.1, 0.15) is 0 Å². The summed E-state index contributed by atoms with van der Waals surface area (Å²) in [6.07, 6.45) is 5.66. The van der Waals surface area contributed by atoms with Crippen molar-refractivity contribution in [3.05, 3.63) is 65.5 Å². The van der Waals surface area contributed by atoms with Crippen LogP contribution in [0.2, 0.25) is 0 Å². The zero-order chi connectivity index (χ0) is 22.6. The van der Waals surface area contributed by atoms with E-state index >= 15 is 0 Å². The number of amides is 1. The van der Waals surface area contributed by atoms with Gasteiger partial charge in [-0.25, -0.2) is 0 Å². The summed E-state index contributed by atoms with van der Waals surface area (Å²) >= 11 is 0. The van der Waals surface area contributed by atoms with Gasteiger partial charge in [0.25, 0.3) is 0 Å². The van der Waals surface area contributed by atoms with E-state index < -0.39 is 0 Å². The van der Waals surface area contributed by atoms with E-state index in [4.69, 9.17) is 0 Å². The fourth-order valence-corrected chi connectivity index (χ4v) is 4.84. The fourth-order valence-electron chi connectivity index (χ4n) is 4.84. The van der Waals surface area contributed by atoms with E-state index in [1.807, 2.05) is 12.4 Å². The van der Waals surface area contributed by atoms with Crippen LogP contribution in [-0.2, 0) is 23.3 Å². The lowest BCUT2D eigenvalue weighted by molar-refractivity contribution is -0.139. The van der Waals surface area contributed by atoms with Crippen molar-refractivity contribution in [1.82, 2.24) is 19.7 Å². The molecule has 0 N–H and O–H groups in total. The molecule has 2 aliphatic rings. The second-order valence-corrected chi connectivity index (χ2v) is 10.5. The van der Waals surface area contributed by atoms with Gasteiger partial charge in [-0.15, -0.1) is 0 Å². The van der Waals surface area contributed by atoms with Gasteiger partial charge in [-0.05, 0) is 60.2 Å². The quantitative estimate of drug-likeness (QED) is 0.715. The highest BCUT2D eigenvalue weighted by molar-refractivity contribution is 5.79. The molecule has 4 rings (SSSR count). The smallest absolute Gasteiger partial charge is 0.225 e. The van der Waals surface area contributed by atoms with Crippen LogP contribution in [0, 0.1) is 5.92 Å². The van der Waals surface area contributed by atoms with Crippen LogP contribution in [0.25, 0.3) is 0 Å². The number of pyridine rings is 1. The van der Waals surface area contributed by atoms with E-state index in [1.165, 1.54) is 16.7 Å². The molecule has 172 valence electrons. The molecule has 0 atom stereocenters. The maximum atomic E-state index is 13.1. The number of hydrogen-bond donors (Lipinski definition) is 0. The van der Waals surface area contributed by atoms with Crippen molar-refractivity contribution in [3.8, 4) is 0 Å². The standard InChI is InChI=1S/C27H38N4O/c1-27(2,3)25-6-4-22(5-7-25)20-30-16-18-31(19-17-30)26(32)24-10-14-29(15-11-24)21-23-8-12-28-13-9-23/h4-9,12-13,24H,10-11,14-21H2,1-3H3. The van der Waals surface area contributed by atoms with Gasteiger partial charge in [-0.1, -0.05) is 45.0 Å². The second kappa shape index (κ2) is 10.1. The Morgan fingerprint density at radius 1 is 0.812 bits per heavy atom. The van der Waals surface area contributed by atoms with E-state index in [2.05, 4.69) is 76.9 Å². The van der Waals surface area contributed by atoms with Crippen LogP contribution >= 0.6 is 0 Å². The van der Waals surface area contributed by atoms with Crippen LogP contribution in [0.5, 0.6) is 0 Å². The van der Waals surface area contributed by atoms with Crippen molar-refractivity contribution in [3.63, 3.8) is 0 Å². The normalized spacial score (nSPS) is 19.3. The Hall–Kier alpha value is -2.24. The average molecular weight is 435 g/mol. The molecule has 0 radical (unpaired) electrons. The molecule has 0 unspecified atom stereocenters. The summed E-state index contributed by atoms with van der Waals surface area (Å²) < 4.78 is 0. The van der Waals surface area contributed by atoms with Crippen LogP contribution in [0.15, 0.2) is 48.8 Å². The van der Waals surface area contributed by atoms with Crippen molar-refractivity contribution in [2.75, 3.05) is 39.3 Å². The van der Waals surface area contributed by atoms with Crippen LogP contribution < -0.4 is 0 Å². The lowest BCUT2D eigenvalue weighted by Gasteiger charge is -2.38. The summed E-state index contributed by atoms with van der Waals surface area (Å²) in [5.74, 6) is 0.572. The first-order valence-electron chi connectivity index (χ1n) is 12.1. The number of rotatable bonds is 5. The third kappa shape index (κ3) is 5.96. The Morgan fingerprint density at radius 2 is 1.34 bits per heavy atom. The molecule has 2 saturated heterocycles. The molecule has 2 aromatic rings. The molecule has 2 aliphatic heterocycles. The molecule has 0 saturated carbocycles. The number of carbonyl (C=O) groups is 1. The minimum atomic E-state index is 0.194. The van der Waals surface area contributed by atoms with Gasteiger partial charge in [0.15, 0.2) is 0 Å². The molecule has 0 bridgehead atoms. The summed E-state index contributed by atoms with van der Waals surface area (Å²) in [7, 11) is 0. The second-order valence-electron chi connectivity index (χ2n) is 10.5. The molecule has 1 aromatic heterocycles. The van der Waals surface area contributed by atoms with Gasteiger partial charge in [0.05, 0.1) is 0 Å². The van der Waals surface area contributed by atoms with Crippen molar-refractivity contribution in [2.24, 2.45) is 5.92 Å². The first-order chi connectivity index (χ1) is 15.4. The number of piperidine rings is 1. The maximum Gasteiger partial charge on any atom is 0.225 e. The minimum absolute atomic E-state index is 0.194. The van der Waals surface area contributed by atoms with Crippen LogP contribution in [0.1, 0.15) is 50.3 Å². The monoisotopic (exact) mass is 434 g/mol. The van der Waals surface area contributed by atoms with Crippen molar-refractivity contribution >= 4 is 5.91 Å². The van der Waals surface area contributed by atoms with Gasteiger partial charge in [0.2, 0.25) is 5.91 Å². The molecule has 3 heterocycles. The third-order valence-corrected chi connectivity index (χ3v) is 7.00. The number of likely N-dealkylation sites (tertiary alicyclic amines) is 1. The SMILES string of the molecule is CC(C)(C)c1ccc(CN2CCN(C(=O)C3CCN(Cc4ccncc4)CC3)CC2)cc1. The molecule has 0 aliphatic carbocycles. The van der Waals surface area contributed by atoms with Crippen molar-refractivity contribution in [2.45, 2.75) is 52.1 Å². The zero-order valence-corrected chi connectivity index (χ0v) is 20.0. The number of carbonyl (C=O) groups excluding carboxylic acids is 1. The largest absolute Gasteiger partial charge is 0.340 e. The minimum Gasteiger partial charge on any atom is -0.340 e. The zero-order valence-electron chi connectivity index (χ0n) is 20.0. The van der Waals surface area contributed by atoms with E-state index in [-0.39, 0.29) is 11.3 Å². The molecule has 5 nitrogen and oxygen atoms in total. The number of nitrogens with zero attached hydrogens (tertiary/aromatic N) is 4. The van der Waals surface area contributed by atoms with Gasteiger partial charge < -0.3 is 4.90 Å². The summed E-state index contributed by atoms with van der Waals surface area (Å²) in [6.45, 7) is 14.3. The lowest BCUT2D eigenvalue weighted by atomic mass is 9.87. The first kappa shape index (κ1) is 22.9. The number of benzene rings is 1. The third-order valence-electron chi connectivity index (χ3n) is 7.00. The highest BCUT2D eigenvalue weighted by atomic mass is 16.2. The van der Waals surface area contributed by atoms with Crippen LogP contribution in [0.3, 0.4) is 0 Å². The number of hydrogen-bond acceptors (Lipinski definition) is 4. The molecule has 0 spiro atoms. The lowest BCUT2D eigenvalue weighted by Crippen LogP contribution is -2.51. The van der Waals surface area contributed by atoms with Gasteiger partial charge in [-0.2, -0.15) is 0 Å². The van der Waals surface area contributed by atoms with E-state index in [0.29, 0.717) is 5.91 Å². The number of aromatic nitrogens is 1. The summed E-state index contributed by atoms with van der Waals surface area (Å²) in [5.41, 5.74) is 4.23. The van der Waals surface area contributed by atoms with Gasteiger partial charge >= 0.3 is 0 Å². The Bertz CT molecular complexity index is 859. The Morgan fingerprint density at radius 3 is 1.91 bits per heavy atom. The Kier molecular flexibility index (Phi) is 7.27. The van der Waals surface area contributed by atoms with Gasteiger partial charge in [0, 0.05) is 57.6 Å². The highest BCUT2D eigenvalue weighted by Gasteiger charge is 2.30. The topological polar surface area (TPSA) is 39.7 Å². The fraction of sp³-hybridized carbons (Fsp3) is 0.556. The summed E-state index contributed by atoms with van der Waals surface area (Å²) in [4.78, 5) is 24.2. The Labute approximate surface area is 193 Å². The highest BCUT2D eigenvalue weighted by Crippen LogP contribution is 2.24. The van der Waals surface area contributed by atoms with Crippen molar-refractivity contribution < 1.29 is 4.79 Å². The molecule has 1 amide bonds. The molecular formula is C27H38N4O. The molecule has 32 heavy (non-hydrogen) atoms. The van der Waals surface area contributed by atoms with E-state index in [0.717, 1.165) is 65.2 Å². The molecule has 2 fully saturated rings. The maximum absolute atomic E-state index is 13.1. The predicted octanol–water partition coefficient (Wildman–Crippen LogP) is 3.94. The van der Waals surface area contributed by atoms with Crippen LogP contribution in [0.4, 0.5) is 0 Å². The predicted molar refractivity (Wildman–Crippen MR) is 129 cm³/mol. The van der Waals surface area contributed by atoms with Gasteiger partial charge in [-0.3, -0.25) is 19.6 Å². The molecule has 5 heteroatoms. The Balaban J connectivity index is 1.20. The van der Waals surface area contributed by atoms with E-state index in [1.54, 1.807) is 0 Å². The first-order valence-corrected chi connectivity index (χ1v) is 12.1. The van der Waals surface area contributed by atoms with Crippen LogP contribution in [-0.4, -0.2) is 64.9 Å². The van der Waals surface area contributed by atoms with Crippen molar-refractivity contribution in [1.29, 1.82) is 0 Å². The number of piperazine rings is 1. The summed E-state index contributed by atoms with van der Waals surface area (Å²) in [6, 6.07) is 13.2. The summed E-state index contributed by atoms with van der Waals surface area (Å²) in [5, 5.41) is 0. The molecule has 1 aromatic carbocycles. The average Bonchev–Trinajstić information content (AvgIpc) is 2.80.